The lowest BCUT2D eigenvalue weighted by Gasteiger charge is -2.06. The molecule has 18 heavy (non-hydrogen) atoms. The normalized spacial score (nSPS) is 9.33. The fourth-order valence-electron chi connectivity index (χ4n) is 1.75. The number of carboxylic acids is 1. The van der Waals surface area contributed by atoms with Crippen LogP contribution >= 0.6 is 0 Å². The van der Waals surface area contributed by atoms with Gasteiger partial charge >= 0.3 is 5.97 Å². The molecule has 3 nitrogen and oxygen atoms in total. The Morgan fingerprint density at radius 2 is 1.44 bits per heavy atom. The molecule has 0 atom stereocenters. The van der Waals surface area contributed by atoms with Gasteiger partial charge in [0, 0.05) is 0 Å². The second-order valence-electron chi connectivity index (χ2n) is 4.83. The van der Waals surface area contributed by atoms with Gasteiger partial charge in [-0.15, -0.1) is 0 Å². The van der Waals surface area contributed by atoms with Crippen LogP contribution in [0.5, 0.6) is 0 Å². The molecule has 0 bridgehead atoms. The van der Waals surface area contributed by atoms with Gasteiger partial charge in [-0.25, -0.2) is 0 Å². The molecule has 0 fully saturated rings. The number of Topliss-reactive ketones (excluding diaryl/α,β-unsaturated/α-hetero) is 1. The van der Waals surface area contributed by atoms with Gasteiger partial charge in [0.15, 0.2) is 0 Å². The van der Waals surface area contributed by atoms with Gasteiger partial charge < -0.3 is 5.11 Å². The monoisotopic (exact) mass is 272 g/mol. The van der Waals surface area contributed by atoms with Crippen molar-refractivity contribution in [3.05, 3.63) is 0 Å². The van der Waals surface area contributed by atoms with E-state index in [1.807, 2.05) is 0 Å². The summed E-state index contributed by atoms with van der Waals surface area (Å²) in [5.41, 5.74) is 0. The minimum atomic E-state index is -1.06. The first-order valence-corrected chi connectivity index (χ1v) is 9.63. The minimum absolute atomic E-state index is 0.248. The summed E-state index contributed by atoms with van der Waals surface area (Å²) in [6.07, 6.45) is 5.42. The van der Waals surface area contributed by atoms with E-state index in [1.54, 1.807) is 10.6 Å². The third-order valence-corrected chi connectivity index (χ3v) is 6.51. The lowest BCUT2D eigenvalue weighted by atomic mass is 10.3. The quantitative estimate of drug-likeness (QED) is 0.506. The molecule has 0 aromatic heterocycles. The van der Waals surface area contributed by atoms with E-state index in [9.17, 15) is 9.59 Å². The first kappa shape index (κ1) is 20.0. The summed E-state index contributed by atoms with van der Waals surface area (Å²) in [6.45, 7) is 8.25. The Morgan fingerprint density at radius 1 is 1.00 bits per heavy atom. The predicted molar refractivity (Wildman–Crippen MR) is 78.6 cm³/mol. The van der Waals surface area contributed by atoms with Gasteiger partial charge in [-0.1, -0.05) is 62.3 Å². The van der Waals surface area contributed by atoms with Gasteiger partial charge in [0.1, 0.15) is 12.2 Å². The van der Waals surface area contributed by atoms with Crippen LogP contribution in [0.2, 0.25) is 15.8 Å². The van der Waals surface area contributed by atoms with Gasteiger partial charge in [0.25, 0.3) is 14.1 Å². The largest absolute Gasteiger partial charge is 0.481 e. The molecule has 0 aliphatic carbocycles. The highest BCUT2D eigenvalue weighted by atomic mass is 27.2. The maximum Gasteiger partial charge on any atom is 0.310 e. The van der Waals surface area contributed by atoms with Crippen LogP contribution in [0.3, 0.4) is 0 Å². The van der Waals surface area contributed by atoms with E-state index in [4.69, 9.17) is 5.11 Å². The molecular formula is C14H29AlO3. The highest BCUT2D eigenvalue weighted by Gasteiger charge is 2.11. The van der Waals surface area contributed by atoms with Crippen LogP contribution in [0, 0.1) is 0 Å². The van der Waals surface area contributed by atoms with E-state index >= 15 is 0 Å². The molecule has 4 heteroatoms. The smallest absolute Gasteiger partial charge is 0.310 e. The molecule has 0 aliphatic rings. The van der Waals surface area contributed by atoms with Crippen molar-refractivity contribution in [2.45, 2.75) is 75.6 Å². The summed E-state index contributed by atoms with van der Waals surface area (Å²) in [5.74, 6) is -1.37. The third-order valence-electron chi connectivity index (χ3n) is 2.91. The van der Waals surface area contributed by atoms with Crippen molar-refractivity contribution < 1.29 is 14.7 Å². The summed E-state index contributed by atoms with van der Waals surface area (Å²) >= 11 is -0.248. The standard InChI is InChI=1S/C4H6O3.2C4H9.C2H5.Al/c1-3(5)2-4(6)7;2*1-3-4-2;1-2;/h2H2,1H3,(H,6,7);2*1,3-4H2,2H3;1H2,2H3;. The van der Waals surface area contributed by atoms with Gasteiger partial charge in [-0.05, 0) is 6.92 Å². The van der Waals surface area contributed by atoms with Gasteiger partial charge in [0.05, 0.1) is 0 Å². The van der Waals surface area contributed by atoms with Crippen LogP contribution < -0.4 is 0 Å². The predicted octanol–water partition coefficient (Wildman–Crippen LogP) is 4.15. The van der Waals surface area contributed by atoms with Gasteiger partial charge in [-0.2, -0.15) is 0 Å². The van der Waals surface area contributed by atoms with Crippen LogP contribution in [-0.2, 0) is 9.59 Å². The fourth-order valence-corrected chi connectivity index (χ4v) is 4.83. The topological polar surface area (TPSA) is 54.4 Å². The number of carboxylic acid groups (broad SMARTS) is 1. The summed E-state index contributed by atoms with van der Waals surface area (Å²) in [4.78, 5) is 19.5. The number of hydrogen-bond donors (Lipinski definition) is 1. The molecule has 0 amide bonds. The molecular weight excluding hydrogens is 243 g/mol. The molecule has 0 aromatic rings. The van der Waals surface area contributed by atoms with Crippen molar-refractivity contribution in [2.24, 2.45) is 0 Å². The van der Waals surface area contributed by atoms with Crippen molar-refractivity contribution >= 4 is 25.9 Å². The average molecular weight is 272 g/mol. The van der Waals surface area contributed by atoms with Gasteiger partial charge in [-0.3, -0.25) is 9.59 Å². The fraction of sp³-hybridized carbons (Fsp3) is 0.857. The van der Waals surface area contributed by atoms with Crippen LogP contribution in [0.4, 0.5) is 0 Å². The average Bonchev–Trinajstić information content (AvgIpc) is 2.28. The zero-order valence-electron chi connectivity index (χ0n) is 12.5. The van der Waals surface area contributed by atoms with E-state index in [-0.39, 0.29) is 26.4 Å². The van der Waals surface area contributed by atoms with E-state index < -0.39 is 5.97 Å². The highest BCUT2D eigenvalue weighted by molar-refractivity contribution is 6.58. The molecule has 1 N–H and O–H groups in total. The van der Waals surface area contributed by atoms with E-state index in [0.717, 1.165) is 0 Å². The van der Waals surface area contributed by atoms with Crippen molar-refractivity contribution in [3.63, 3.8) is 0 Å². The second kappa shape index (κ2) is 14.7. The Kier molecular flexibility index (Phi) is 16.4. The summed E-state index contributed by atoms with van der Waals surface area (Å²) in [5, 5.41) is 12.6. The Hall–Kier alpha value is -0.328. The van der Waals surface area contributed by atoms with Crippen molar-refractivity contribution in [2.75, 3.05) is 0 Å². The zero-order chi connectivity index (χ0) is 14.4. The Morgan fingerprint density at radius 3 is 1.61 bits per heavy atom. The summed E-state index contributed by atoms with van der Waals surface area (Å²) < 4.78 is 0. The highest BCUT2D eigenvalue weighted by Crippen LogP contribution is 2.12. The molecule has 0 unspecified atom stereocenters. The minimum Gasteiger partial charge on any atom is -0.481 e. The molecule has 0 rings (SSSR count). The molecule has 0 saturated heterocycles. The molecule has 0 saturated carbocycles. The molecule has 0 aliphatic heterocycles. The number of unbranched alkanes of at least 4 members (excludes halogenated alkanes) is 2. The number of rotatable bonds is 9. The number of carbonyl (C=O) groups excluding carboxylic acids is 1. The number of ketones is 1. The molecule has 0 spiro atoms. The van der Waals surface area contributed by atoms with Crippen LogP contribution in [0.25, 0.3) is 0 Å². The molecule has 0 heterocycles. The maximum absolute atomic E-state index is 9.87. The summed E-state index contributed by atoms with van der Waals surface area (Å²) in [7, 11) is 0. The maximum atomic E-state index is 9.87. The van der Waals surface area contributed by atoms with Crippen LogP contribution in [-0.4, -0.2) is 31.0 Å². The van der Waals surface area contributed by atoms with Crippen molar-refractivity contribution in [1.82, 2.24) is 0 Å². The first-order valence-electron chi connectivity index (χ1n) is 7.19. The number of aliphatic carboxylic acids is 1. The van der Waals surface area contributed by atoms with E-state index in [0.29, 0.717) is 0 Å². The lowest BCUT2D eigenvalue weighted by Crippen LogP contribution is -2.09. The van der Waals surface area contributed by atoms with E-state index in [2.05, 4.69) is 20.8 Å². The third kappa shape index (κ3) is 18.0. The molecule has 0 radical (unpaired) electrons. The summed E-state index contributed by atoms with van der Waals surface area (Å²) in [6, 6.07) is 0. The Balaban J connectivity index is 0. The van der Waals surface area contributed by atoms with Gasteiger partial charge in [0.2, 0.25) is 0 Å². The Bertz CT molecular complexity index is 197. The Labute approximate surface area is 116 Å². The van der Waals surface area contributed by atoms with Crippen LogP contribution in [0.1, 0.15) is 59.8 Å². The second-order valence-corrected chi connectivity index (χ2v) is 8.53. The zero-order valence-corrected chi connectivity index (χ0v) is 13.7. The van der Waals surface area contributed by atoms with E-state index in [1.165, 1.54) is 37.9 Å². The van der Waals surface area contributed by atoms with Crippen molar-refractivity contribution in [3.8, 4) is 0 Å². The molecule has 106 valence electrons. The number of hydrogen-bond acceptors (Lipinski definition) is 2. The van der Waals surface area contributed by atoms with Crippen LogP contribution in [0.15, 0.2) is 0 Å². The first-order chi connectivity index (χ1) is 8.47. The molecule has 0 aromatic carbocycles. The number of carbonyl (C=O) groups is 2. The SMILES string of the molecule is CC(=O)CC(=O)O.CCC[CH2][Al]([CH2]C)[CH2]CCC. The van der Waals surface area contributed by atoms with Crippen molar-refractivity contribution in [1.29, 1.82) is 0 Å². The lowest BCUT2D eigenvalue weighted by molar-refractivity contribution is -0.139.